The Bertz CT molecular complexity index is 654. The Balaban J connectivity index is 1.78. The Labute approximate surface area is 117 Å². The number of hydrogen-bond donors (Lipinski definition) is 0. The van der Waals surface area contributed by atoms with Crippen molar-refractivity contribution < 1.29 is 9.59 Å². The molecule has 5 nitrogen and oxygen atoms in total. The summed E-state index contributed by atoms with van der Waals surface area (Å²) in [6.45, 7) is 2.91. The number of hydrogen-bond acceptors (Lipinski definition) is 3. The fourth-order valence-electron chi connectivity index (χ4n) is 2.77. The van der Waals surface area contributed by atoms with Gasteiger partial charge in [0.1, 0.15) is 6.33 Å². The molecule has 1 fully saturated rings. The van der Waals surface area contributed by atoms with E-state index in [-0.39, 0.29) is 17.7 Å². The van der Waals surface area contributed by atoms with Gasteiger partial charge in [-0.25, -0.2) is 4.98 Å². The van der Waals surface area contributed by atoms with Crippen molar-refractivity contribution in [2.75, 3.05) is 13.1 Å². The molecule has 0 bridgehead atoms. The summed E-state index contributed by atoms with van der Waals surface area (Å²) in [5, 5.41) is 0. The molecule has 1 aliphatic heterocycles. The van der Waals surface area contributed by atoms with Gasteiger partial charge in [-0.3, -0.25) is 14.2 Å². The second-order valence-corrected chi connectivity index (χ2v) is 5.22. The second-order valence-electron chi connectivity index (χ2n) is 5.22. The molecular formula is C15H17N3O2. The average molecular weight is 271 g/mol. The molecule has 0 N–H and O–H groups in total. The predicted octanol–water partition coefficient (Wildman–Crippen LogP) is 1.94. The van der Waals surface area contributed by atoms with Crippen molar-refractivity contribution in [2.24, 2.45) is 5.92 Å². The topological polar surface area (TPSA) is 55.2 Å². The molecule has 0 unspecified atom stereocenters. The van der Waals surface area contributed by atoms with E-state index < -0.39 is 0 Å². The quantitative estimate of drug-likeness (QED) is 0.796. The zero-order chi connectivity index (χ0) is 14.1. The zero-order valence-electron chi connectivity index (χ0n) is 11.5. The van der Waals surface area contributed by atoms with E-state index in [1.165, 1.54) is 0 Å². The number of fused-ring (bicyclic) bond motifs is 1. The summed E-state index contributed by atoms with van der Waals surface area (Å²) in [6, 6.07) is 7.63. The lowest BCUT2D eigenvalue weighted by atomic mass is 9.96. The van der Waals surface area contributed by atoms with Gasteiger partial charge in [0, 0.05) is 25.9 Å². The Morgan fingerprint density at radius 2 is 1.90 bits per heavy atom. The maximum Gasteiger partial charge on any atom is 0.235 e. The van der Waals surface area contributed by atoms with Gasteiger partial charge in [-0.2, -0.15) is 0 Å². The van der Waals surface area contributed by atoms with Crippen LogP contribution in [0.1, 0.15) is 24.6 Å². The lowest BCUT2D eigenvalue weighted by Gasteiger charge is -2.30. The number of rotatable bonds is 1. The van der Waals surface area contributed by atoms with Crippen molar-refractivity contribution in [3.8, 4) is 0 Å². The number of nitrogens with zero attached hydrogens (tertiary/aromatic N) is 3. The minimum atomic E-state index is -0.0248. The van der Waals surface area contributed by atoms with E-state index in [9.17, 15) is 9.59 Å². The van der Waals surface area contributed by atoms with Crippen LogP contribution in [0.2, 0.25) is 0 Å². The van der Waals surface area contributed by atoms with Gasteiger partial charge in [0.15, 0.2) is 0 Å². The molecule has 1 aromatic carbocycles. The number of imidazole rings is 1. The summed E-state index contributed by atoms with van der Waals surface area (Å²) in [6.07, 6.45) is 3.06. The van der Waals surface area contributed by atoms with E-state index in [2.05, 4.69) is 4.98 Å². The lowest BCUT2D eigenvalue weighted by Crippen LogP contribution is -2.40. The molecule has 0 radical (unpaired) electrons. The molecule has 0 spiro atoms. The fraction of sp³-hybridized carbons (Fsp3) is 0.400. The Morgan fingerprint density at radius 1 is 1.20 bits per heavy atom. The molecule has 1 aromatic heterocycles. The van der Waals surface area contributed by atoms with Crippen LogP contribution < -0.4 is 0 Å². The fourth-order valence-corrected chi connectivity index (χ4v) is 2.77. The van der Waals surface area contributed by atoms with Crippen LogP contribution >= 0.6 is 0 Å². The first-order valence-corrected chi connectivity index (χ1v) is 6.88. The number of benzene rings is 1. The molecule has 1 saturated heterocycles. The van der Waals surface area contributed by atoms with E-state index >= 15 is 0 Å². The summed E-state index contributed by atoms with van der Waals surface area (Å²) >= 11 is 0. The first-order valence-electron chi connectivity index (χ1n) is 6.88. The number of aromatic nitrogens is 2. The largest absolute Gasteiger partial charge is 0.343 e. The van der Waals surface area contributed by atoms with Gasteiger partial charge in [-0.1, -0.05) is 12.1 Å². The van der Waals surface area contributed by atoms with Crippen molar-refractivity contribution in [3.05, 3.63) is 30.6 Å². The third-order valence-corrected chi connectivity index (χ3v) is 3.98. The van der Waals surface area contributed by atoms with Crippen molar-refractivity contribution in [2.45, 2.75) is 19.8 Å². The third kappa shape index (κ3) is 2.19. The van der Waals surface area contributed by atoms with Gasteiger partial charge >= 0.3 is 0 Å². The summed E-state index contributed by atoms with van der Waals surface area (Å²) in [7, 11) is 0. The first-order chi connectivity index (χ1) is 9.66. The monoisotopic (exact) mass is 271 g/mol. The maximum atomic E-state index is 12.6. The molecule has 3 rings (SSSR count). The van der Waals surface area contributed by atoms with Gasteiger partial charge in [-0.15, -0.1) is 0 Å². The van der Waals surface area contributed by atoms with Crippen LogP contribution in [-0.4, -0.2) is 39.4 Å². The third-order valence-electron chi connectivity index (χ3n) is 3.98. The molecule has 0 saturated carbocycles. The molecular weight excluding hydrogens is 254 g/mol. The van der Waals surface area contributed by atoms with Crippen LogP contribution in [0.4, 0.5) is 0 Å². The van der Waals surface area contributed by atoms with E-state index in [4.69, 9.17) is 0 Å². The molecule has 0 atom stereocenters. The van der Waals surface area contributed by atoms with Crippen LogP contribution in [0.3, 0.4) is 0 Å². The molecule has 1 aliphatic rings. The van der Waals surface area contributed by atoms with Gasteiger partial charge in [0.25, 0.3) is 0 Å². The summed E-state index contributed by atoms with van der Waals surface area (Å²) in [5.41, 5.74) is 1.69. The highest BCUT2D eigenvalue weighted by molar-refractivity contribution is 5.91. The van der Waals surface area contributed by atoms with E-state index in [1.807, 2.05) is 24.3 Å². The van der Waals surface area contributed by atoms with Crippen LogP contribution in [0, 0.1) is 5.92 Å². The zero-order valence-corrected chi connectivity index (χ0v) is 11.5. The average Bonchev–Trinajstić information content (AvgIpc) is 2.90. The van der Waals surface area contributed by atoms with Crippen LogP contribution in [0.15, 0.2) is 30.6 Å². The Kier molecular flexibility index (Phi) is 3.26. The second kappa shape index (κ2) is 5.07. The van der Waals surface area contributed by atoms with Crippen LogP contribution in [0.5, 0.6) is 0 Å². The standard InChI is InChI=1S/C15H17N3O2/c1-11(19)17-8-6-12(7-9-17)15(20)18-10-16-13-4-2-3-5-14(13)18/h2-5,10,12H,6-9H2,1H3. The molecule has 2 aromatic rings. The minimum absolute atomic E-state index is 0.0248. The number of piperidine rings is 1. The van der Waals surface area contributed by atoms with Gasteiger partial charge in [0.05, 0.1) is 11.0 Å². The lowest BCUT2D eigenvalue weighted by molar-refractivity contribution is -0.130. The molecule has 2 heterocycles. The normalized spacial score (nSPS) is 16.6. The number of carbonyl (C=O) groups excluding carboxylic acids is 2. The van der Waals surface area contributed by atoms with Crippen LogP contribution in [-0.2, 0) is 4.79 Å². The summed E-state index contributed by atoms with van der Waals surface area (Å²) < 4.78 is 1.64. The predicted molar refractivity (Wildman–Crippen MR) is 75.3 cm³/mol. The van der Waals surface area contributed by atoms with Crippen molar-refractivity contribution >= 4 is 22.8 Å². The van der Waals surface area contributed by atoms with E-state index in [0.29, 0.717) is 13.1 Å². The highest BCUT2D eigenvalue weighted by Crippen LogP contribution is 2.21. The molecule has 20 heavy (non-hydrogen) atoms. The highest BCUT2D eigenvalue weighted by atomic mass is 16.2. The number of likely N-dealkylation sites (tertiary alicyclic amines) is 1. The molecule has 104 valence electrons. The van der Waals surface area contributed by atoms with Crippen molar-refractivity contribution in [1.29, 1.82) is 0 Å². The SMILES string of the molecule is CC(=O)N1CCC(C(=O)n2cnc3ccccc32)CC1. The molecule has 1 amide bonds. The van der Waals surface area contributed by atoms with Crippen LogP contribution in [0.25, 0.3) is 11.0 Å². The number of amides is 1. The van der Waals surface area contributed by atoms with Gasteiger partial charge in [0.2, 0.25) is 11.8 Å². The molecule has 0 aliphatic carbocycles. The Hall–Kier alpha value is -2.17. The minimum Gasteiger partial charge on any atom is -0.343 e. The highest BCUT2D eigenvalue weighted by Gasteiger charge is 2.27. The van der Waals surface area contributed by atoms with Gasteiger partial charge in [-0.05, 0) is 25.0 Å². The van der Waals surface area contributed by atoms with Crippen molar-refractivity contribution in [1.82, 2.24) is 14.5 Å². The number of carbonyl (C=O) groups is 2. The summed E-state index contributed by atoms with van der Waals surface area (Å²) in [4.78, 5) is 29.9. The maximum absolute atomic E-state index is 12.6. The summed E-state index contributed by atoms with van der Waals surface area (Å²) in [5.74, 6) is 0.147. The number of para-hydroxylation sites is 2. The van der Waals surface area contributed by atoms with Crippen molar-refractivity contribution in [3.63, 3.8) is 0 Å². The Morgan fingerprint density at radius 3 is 2.60 bits per heavy atom. The smallest absolute Gasteiger partial charge is 0.235 e. The molecule has 5 heteroatoms. The first kappa shape index (κ1) is 12.8. The van der Waals surface area contributed by atoms with E-state index in [1.54, 1.807) is 22.7 Å². The van der Waals surface area contributed by atoms with Gasteiger partial charge < -0.3 is 4.90 Å². The van der Waals surface area contributed by atoms with E-state index in [0.717, 1.165) is 23.9 Å².